The number of rotatable bonds is 2. The van der Waals surface area contributed by atoms with Crippen molar-refractivity contribution in [1.29, 1.82) is 0 Å². The second-order valence-electron chi connectivity index (χ2n) is 3.73. The molecule has 1 atom stereocenters. The van der Waals surface area contributed by atoms with Gasteiger partial charge in [0.2, 0.25) is 0 Å². The lowest BCUT2D eigenvalue weighted by Crippen LogP contribution is -2.11. The molecule has 0 saturated heterocycles. The van der Waals surface area contributed by atoms with Crippen molar-refractivity contribution < 1.29 is 0 Å². The summed E-state index contributed by atoms with van der Waals surface area (Å²) in [7, 11) is 0. The average molecular weight is 331 g/mol. The molecular weight excluding hydrogens is 321 g/mol. The third kappa shape index (κ3) is 3.23. The smallest absolute Gasteiger partial charge is 0.0552 e. The molecule has 17 heavy (non-hydrogen) atoms. The van der Waals surface area contributed by atoms with Crippen LogP contribution in [-0.2, 0) is 0 Å². The summed E-state index contributed by atoms with van der Waals surface area (Å²) >= 11 is 15.3. The van der Waals surface area contributed by atoms with Gasteiger partial charge in [0.05, 0.1) is 6.04 Å². The van der Waals surface area contributed by atoms with E-state index in [0.29, 0.717) is 10.0 Å². The molecule has 4 heteroatoms. The fraction of sp³-hybridized carbons (Fsp3) is 0.0769. The van der Waals surface area contributed by atoms with Crippen LogP contribution in [0.3, 0.4) is 0 Å². The van der Waals surface area contributed by atoms with Crippen molar-refractivity contribution >= 4 is 39.1 Å². The van der Waals surface area contributed by atoms with E-state index in [2.05, 4.69) is 15.9 Å². The van der Waals surface area contributed by atoms with E-state index in [1.54, 1.807) is 6.07 Å². The van der Waals surface area contributed by atoms with Crippen LogP contribution in [0.25, 0.3) is 0 Å². The molecule has 0 aliphatic carbocycles. The van der Waals surface area contributed by atoms with Gasteiger partial charge in [-0.1, -0.05) is 51.3 Å². The van der Waals surface area contributed by atoms with Crippen molar-refractivity contribution in [2.75, 3.05) is 0 Å². The van der Waals surface area contributed by atoms with Gasteiger partial charge in [-0.2, -0.15) is 0 Å². The SMILES string of the molecule is NC(c1ccc(Br)cc1)c1cc(Cl)cc(Cl)c1. The van der Waals surface area contributed by atoms with Crippen LogP contribution in [0.15, 0.2) is 46.9 Å². The molecule has 0 fully saturated rings. The van der Waals surface area contributed by atoms with Crippen LogP contribution >= 0.6 is 39.1 Å². The van der Waals surface area contributed by atoms with Crippen molar-refractivity contribution in [2.24, 2.45) is 5.73 Å². The second-order valence-corrected chi connectivity index (χ2v) is 5.52. The number of halogens is 3. The van der Waals surface area contributed by atoms with E-state index in [1.165, 1.54) is 0 Å². The maximum atomic E-state index is 6.17. The number of hydrogen-bond donors (Lipinski definition) is 1. The fourth-order valence-corrected chi connectivity index (χ4v) is 2.42. The molecule has 2 aromatic carbocycles. The summed E-state index contributed by atoms with van der Waals surface area (Å²) in [5.41, 5.74) is 8.10. The Hall–Kier alpha value is -0.540. The summed E-state index contributed by atoms with van der Waals surface area (Å²) in [4.78, 5) is 0. The van der Waals surface area contributed by atoms with Crippen molar-refractivity contribution in [3.05, 3.63) is 68.1 Å². The molecule has 0 aliphatic heterocycles. The van der Waals surface area contributed by atoms with Gasteiger partial charge in [-0.05, 0) is 41.5 Å². The summed E-state index contributed by atoms with van der Waals surface area (Å²) in [6.45, 7) is 0. The minimum atomic E-state index is -0.223. The first-order valence-electron chi connectivity index (χ1n) is 5.03. The molecule has 0 heterocycles. The topological polar surface area (TPSA) is 26.0 Å². The van der Waals surface area contributed by atoms with Gasteiger partial charge in [-0.25, -0.2) is 0 Å². The Labute approximate surface area is 119 Å². The summed E-state index contributed by atoms with van der Waals surface area (Å²) in [6, 6.07) is 13.0. The summed E-state index contributed by atoms with van der Waals surface area (Å²) in [5.74, 6) is 0. The van der Waals surface area contributed by atoms with Gasteiger partial charge in [0.15, 0.2) is 0 Å². The quantitative estimate of drug-likeness (QED) is 0.840. The third-order valence-corrected chi connectivity index (χ3v) is 3.44. The first-order chi connectivity index (χ1) is 8.06. The molecule has 0 radical (unpaired) electrons. The Morgan fingerprint density at radius 2 is 1.41 bits per heavy atom. The average Bonchev–Trinajstić information content (AvgIpc) is 2.28. The number of nitrogens with two attached hydrogens (primary N) is 1. The molecule has 0 aliphatic rings. The molecule has 0 saturated carbocycles. The first kappa shape index (κ1) is 12.9. The highest BCUT2D eigenvalue weighted by Crippen LogP contribution is 2.26. The zero-order valence-electron chi connectivity index (χ0n) is 8.83. The minimum absolute atomic E-state index is 0.223. The third-order valence-electron chi connectivity index (χ3n) is 2.47. The van der Waals surface area contributed by atoms with Crippen molar-refractivity contribution in [3.8, 4) is 0 Å². The molecule has 88 valence electrons. The number of benzene rings is 2. The molecule has 2 rings (SSSR count). The maximum absolute atomic E-state index is 6.17. The zero-order valence-corrected chi connectivity index (χ0v) is 11.9. The highest BCUT2D eigenvalue weighted by molar-refractivity contribution is 9.10. The minimum Gasteiger partial charge on any atom is -0.320 e. The number of hydrogen-bond acceptors (Lipinski definition) is 1. The molecule has 0 amide bonds. The lowest BCUT2D eigenvalue weighted by Gasteiger charge is -2.13. The van der Waals surface area contributed by atoms with Gasteiger partial charge < -0.3 is 5.73 Å². The Kier molecular flexibility index (Phi) is 4.10. The summed E-state index contributed by atoms with van der Waals surface area (Å²) in [6.07, 6.45) is 0. The molecule has 0 spiro atoms. The van der Waals surface area contributed by atoms with Gasteiger partial charge in [-0.3, -0.25) is 0 Å². The molecular formula is C13H10BrCl2N. The fourth-order valence-electron chi connectivity index (χ4n) is 1.62. The summed E-state index contributed by atoms with van der Waals surface area (Å²) < 4.78 is 1.03. The van der Waals surface area contributed by atoms with Crippen LogP contribution in [-0.4, -0.2) is 0 Å². The van der Waals surface area contributed by atoms with E-state index in [1.807, 2.05) is 36.4 Å². The monoisotopic (exact) mass is 329 g/mol. The predicted octanol–water partition coefficient (Wildman–Crippen LogP) is 4.80. The molecule has 1 nitrogen and oxygen atoms in total. The second kappa shape index (κ2) is 5.40. The van der Waals surface area contributed by atoms with Crippen molar-refractivity contribution in [2.45, 2.75) is 6.04 Å². The van der Waals surface area contributed by atoms with Crippen LogP contribution in [0.1, 0.15) is 17.2 Å². The van der Waals surface area contributed by atoms with Crippen molar-refractivity contribution in [3.63, 3.8) is 0 Å². The Morgan fingerprint density at radius 1 is 0.882 bits per heavy atom. The highest BCUT2D eigenvalue weighted by atomic mass is 79.9. The van der Waals surface area contributed by atoms with Crippen LogP contribution in [0.2, 0.25) is 10.0 Å². The molecule has 0 bridgehead atoms. The zero-order chi connectivity index (χ0) is 12.4. The van der Waals surface area contributed by atoms with Crippen LogP contribution in [0.4, 0.5) is 0 Å². The van der Waals surface area contributed by atoms with Crippen molar-refractivity contribution in [1.82, 2.24) is 0 Å². The Morgan fingerprint density at radius 3 is 1.94 bits per heavy atom. The van der Waals surface area contributed by atoms with Gasteiger partial charge in [-0.15, -0.1) is 0 Å². The van der Waals surface area contributed by atoms with E-state index < -0.39 is 0 Å². The van der Waals surface area contributed by atoms with E-state index in [4.69, 9.17) is 28.9 Å². The molecule has 1 unspecified atom stereocenters. The van der Waals surface area contributed by atoms with Gasteiger partial charge in [0, 0.05) is 14.5 Å². The Balaban J connectivity index is 2.36. The lowest BCUT2D eigenvalue weighted by molar-refractivity contribution is 0.871. The standard InChI is InChI=1S/C13H10BrCl2N/c14-10-3-1-8(2-4-10)13(17)9-5-11(15)7-12(16)6-9/h1-7,13H,17H2. The predicted molar refractivity (Wildman–Crippen MR) is 76.6 cm³/mol. The normalized spacial score (nSPS) is 12.5. The first-order valence-corrected chi connectivity index (χ1v) is 6.58. The van der Waals surface area contributed by atoms with E-state index >= 15 is 0 Å². The molecule has 0 aromatic heterocycles. The summed E-state index contributed by atoms with van der Waals surface area (Å²) in [5, 5.41) is 1.19. The van der Waals surface area contributed by atoms with Gasteiger partial charge in [0.25, 0.3) is 0 Å². The van der Waals surface area contributed by atoms with E-state index in [9.17, 15) is 0 Å². The van der Waals surface area contributed by atoms with E-state index in [0.717, 1.165) is 15.6 Å². The largest absolute Gasteiger partial charge is 0.320 e. The van der Waals surface area contributed by atoms with Gasteiger partial charge in [0.1, 0.15) is 0 Å². The van der Waals surface area contributed by atoms with Crippen LogP contribution in [0, 0.1) is 0 Å². The van der Waals surface area contributed by atoms with E-state index in [-0.39, 0.29) is 6.04 Å². The molecule has 2 N–H and O–H groups in total. The van der Waals surface area contributed by atoms with Crippen LogP contribution < -0.4 is 5.73 Å². The Bertz CT molecular complexity index is 505. The van der Waals surface area contributed by atoms with Crippen LogP contribution in [0.5, 0.6) is 0 Å². The highest BCUT2D eigenvalue weighted by Gasteiger charge is 2.10. The lowest BCUT2D eigenvalue weighted by atomic mass is 10.00. The van der Waals surface area contributed by atoms with Gasteiger partial charge >= 0.3 is 0 Å². The molecule has 2 aromatic rings. The maximum Gasteiger partial charge on any atom is 0.0552 e.